The highest BCUT2D eigenvalue weighted by Gasteiger charge is 2.05. The summed E-state index contributed by atoms with van der Waals surface area (Å²) in [5.41, 5.74) is 3.52. The zero-order valence-corrected chi connectivity index (χ0v) is 12.7. The number of hydrogen-bond donors (Lipinski definition) is 2. The summed E-state index contributed by atoms with van der Waals surface area (Å²) in [6.45, 7) is 7.62. The lowest BCUT2D eigenvalue weighted by Crippen LogP contribution is -2.22. The topological polar surface area (TPSA) is 75.6 Å². The third kappa shape index (κ3) is 3.92. The fourth-order valence-corrected chi connectivity index (χ4v) is 1.98. The molecule has 0 radical (unpaired) electrons. The summed E-state index contributed by atoms with van der Waals surface area (Å²) >= 11 is 5.21. The van der Waals surface area contributed by atoms with Crippen LogP contribution in [0.2, 0.25) is 0 Å². The van der Waals surface area contributed by atoms with Crippen LogP contribution < -0.4 is 10.6 Å². The van der Waals surface area contributed by atoms with Gasteiger partial charge in [-0.1, -0.05) is 0 Å². The van der Waals surface area contributed by atoms with Crippen LogP contribution in [0, 0.1) is 27.7 Å². The summed E-state index contributed by atoms with van der Waals surface area (Å²) in [6, 6.07) is 3.80. The average molecular weight is 288 g/mol. The van der Waals surface area contributed by atoms with Gasteiger partial charge in [0, 0.05) is 22.8 Å². The number of aryl methyl sites for hydroxylation is 4. The van der Waals surface area contributed by atoms with Gasteiger partial charge in [0.25, 0.3) is 0 Å². The maximum atomic E-state index is 5.21. The van der Waals surface area contributed by atoms with Crippen LogP contribution in [0.1, 0.15) is 22.8 Å². The van der Waals surface area contributed by atoms with Crippen molar-refractivity contribution in [1.29, 1.82) is 0 Å². The van der Waals surface area contributed by atoms with Crippen LogP contribution in [-0.2, 0) is 0 Å². The number of aromatic nitrogens is 4. The van der Waals surface area contributed by atoms with Gasteiger partial charge < -0.3 is 10.6 Å². The Labute approximate surface area is 123 Å². The molecule has 2 aromatic rings. The molecular weight excluding hydrogens is 272 g/mol. The molecule has 0 aliphatic heterocycles. The van der Waals surface area contributed by atoms with Gasteiger partial charge in [-0.05, 0) is 52.0 Å². The lowest BCUT2D eigenvalue weighted by Gasteiger charge is -2.09. The van der Waals surface area contributed by atoms with Crippen LogP contribution in [0.5, 0.6) is 0 Å². The Morgan fingerprint density at radius 2 is 1.05 bits per heavy atom. The smallest absolute Gasteiger partial charge is 0.229 e. The Balaban J connectivity index is 2.08. The van der Waals surface area contributed by atoms with Crippen molar-refractivity contribution in [3.05, 3.63) is 34.9 Å². The Bertz CT molecular complexity index is 559. The monoisotopic (exact) mass is 288 g/mol. The number of anilines is 2. The van der Waals surface area contributed by atoms with E-state index >= 15 is 0 Å². The molecule has 0 amide bonds. The van der Waals surface area contributed by atoms with Gasteiger partial charge >= 0.3 is 0 Å². The van der Waals surface area contributed by atoms with E-state index in [2.05, 4.69) is 30.6 Å². The quantitative estimate of drug-likeness (QED) is 0.821. The van der Waals surface area contributed by atoms with Crippen molar-refractivity contribution in [2.45, 2.75) is 27.7 Å². The van der Waals surface area contributed by atoms with E-state index in [1.165, 1.54) is 0 Å². The molecular formula is C13H16N6S. The second kappa shape index (κ2) is 5.87. The van der Waals surface area contributed by atoms with E-state index in [9.17, 15) is 0 Å². The van der Waals surface area contributed by atoms with Gasteiger partial charge in [0.2, 0.25) is 11.9 Å². The van der Waals surface area contributed by atoms with E-state index in [1.54, 1.807) is 0 Å². The first-order chi connectivity index (χ1) is 9.42. The highest BCUT2D eigenvalue weighted by atomic mass is 32.1. The SMILES string of the molecule is Cc1cc(C)nc(NC(=S)Nc2nc(C)cc(C)n2)n1. The normalized spacial score (nSPS) is 10.2. The van der Waals surface area contributed by atoms with Crippen molar-refractivity contribution in [2.24, 2.45) is 0 Å². The molecule has 0 saturated carbocycles. The van der Waals surface area contributed by atoms with E-state index in [4.69, 9.17) is 12.2 Å². The van der Waals surface area contributed by atoms with Gasteiger partial charge in [-0.15, -0.1) is 0 Å². The molecule has 0 fully saturated rings. The Morgan fingerprint density at radius 1 is 0.750 bits per heavy atom. The van der Waals surface area contributed by atoms with Gasteiger partial charge in [-0.25, -0.2) is 19.9 Å². The molecule has 20 heavy (non-hydrogen) atoms. The van der Waals surface area contributed by atoms with E-state index < -0.39 is 0 Å². The van der Waals surface area contributed by atoms with Crippen LogP contribution in [0.25, 0.3) is 0 Å². The molecule has 104 valence electrons. The molecule has 0 aromatic carbocycles. The molecule has 2 heterocycles. The maximum Gasteiger partial charge on any atom is 0.229 e. The summed E-state index contributed by atoms with van der Waals surface area (Å²) < 4.78 is 0. The molecule has 2 aromatic heterocycles. The number of nitrogens with one attached hydrogen (secondary N) is 2. The summed E-state index contributed by atoms with van der Waals surface area (Å²) in [6.07, 6.45) is 0. The van der Waals surface area contributed by atoms with Gasteiger partial charge in [-0.3, -0.25) is 0 Å². The molecule has 0 spiro atoms. The van der Waals surface area contributed by atoms with Gasteiger partial charge in [0.05, 0.1) is 0 Å². The molecule has 2 rings (SSSR count). The first-order valence-corrected chi connectivity index (χ1v) is 6.56. The van der Waals surface area contributed by atoms with Crippen LogP contribution in [-0.4, -0.2) is 25.0 Å². The molecule has 6 nitrogen and oxygen atoms in total. The Hall–Kier alpha value is -2.15. The summed E-state index contributed by atoms with van der Waals surface area (Å²) in [7, 11) is 0. The van der Waals surface area contributed by atoms with Crippen molar-refractivity contribution in [3.63, 3.8) is 0 Å². The summed E-state index contributed by atoms with van der Waals surface area (Å²) in [5, 5.41) is 6.22. The molecule has 0 atom stereocenters. The molecule has 0 bridgehead atoms. The van der Waals surface area contributed by atoms with Crippen molar-refractivity contribution in [3.8, 4) is 0 Å². The molecule has 0 unspecified atom stereocenters. The standard InChI is InChI=1S/C13H16N6S/c1-7-5-8(2)15-11(14-7)18-13(20)19-12-16-9(3)6-10(4)17-12/h5-6H,1-4H3,(H2,14,15,16,17,18,19,20). The first-order valence-electron chi connectivity index (χ1n) is 6.15. The molecule has 0 saturated heterocycles. The zero-order chi connectivity index (χ0) is 14.7. The lowest BCUT2D eigenvalue weighted by atomic mass is 10.4. The third-order valence-electron chi connectivity index (χ3n) is 2.42. The van der Waals surface area contributed by atoms with Gasteiger partial charge in [-0.2, -0.15) is 0 Å². The number of hydrogen-bond acceptors (Lipinski definition) is 5. The van der Waals surface area contributed by atoms with Crippen LogP contribution in [0.15, 0.2) is 12.1 Å². The minimum Gasteiger partial charge on any atom is -0.301 e. The molecule has 0 aliphatic carbocycles. The minimum atomic E-state index is 0.361. The molecule has 0 aliphatic rings. The van der Waals surface area contributed by atoms with Crippen molar-refractivity contribution >= 4 is 29.2 Å². The van der Waals surface area contributed by atoms with Gasteiger partial charge in [0.15, 0.2) is 5.11 Å². The van der Waals surface area contributed by atoms with Crippen LogP contribution >= 0.6 is 12.2 Å². The predicted octanol–water partition coefficient (Wildman–Crippen LogP) is 2.31. The Kier molecular flexibility index (Phi) is 4.19. The minimum absolute atomic E-state index is 0.361. The fraction of sp³-hybridized carbons (Fsp3) is 0.308. The van der Waals surface area contributed by atoms with E-state index in [1.807, 2.05) is 39.8 Å². The third-order valence-corrected chi connectivity index (χ3v) is 2.62. The number of nitrogens with zero attached hydrogens (tertiary/aromatic N) is 4. The Morgan fingerprint density at radius 3 is 1.35 bits per heavy atom. The average Bonchev–Trinajstić information content (AvgIpc) is 2.24. The lowest BCUT2D eigenvalue weighted by molar-refractivity contribution is 1.06. The van der Waals surface area contributed by atoms with Crippen molar-refractivity contribution in [2.75, 3.05) is 10.6 Å². The van der Waals surface area contributed by atoms with E-state index in [0.717, 1.165) is 22.8 Å². The largest absolute Gasteiger partial charge is 0.301 e. The van der Waals surface area contributed by atoms with Crippen LogP contribution in [0.4, 0.5) is 11.9 Å². The molecule has 2 N–H and O–H groups in total. The maximum absolute atomic E-state index is 5.21. The number of thiocarbonyl (C=S) groups is 1. The second-order valence-corrected chi connectivity index (χ2v) is 4.94. The molecule has 7 heteroatoms. The van der Waals surface area contributed by atoms with Crippen LogP contribution in [0.3, 0.4) is 0 Å². The summed E-state index contributed by atoms with van der Waals surface area (Å²) in [4.78, 5) is 17.0. The summed E-state index contributed by atoms with van der Waals surface area (Å²) in [5.74, 6) is 0.925. The van der Waals surface area contributed by atoms with Crippen molar-refractivity contribution < 1.29 is 0 Å². The number of rotatable bonds is 2. The predicted molar refractivity (Wildman–Crippen MR) is 82.9 cm³/mol. The fourth-order valence-electron chi connectivity index (χ4n) is 1.80. The highest BCUT2D eigenvalue weighted by Crippen LogP contribution is 2.06. The van der Waals surface area contributed by atoms with Gasteiger partial charge in [0.1, 0.15) is 0 Å². The van der Waals surface area contributed by atoms with E-state index in [-0.39, 0.29) is 0 Å². The second-order valence-electron chi connectivity index (χ2n) is 4.53. The van der Waals surface area contributed by atoms with E-state index in [0.29, 0.717) is 17.0 Å². The zero-order valence-electron chi connectivity index (χ0n) is 11.9. The first kappa shape index (κ1) is 14.3. The highest BCUT2D eigenvalue weighted by molar-refractivity contribution is 7.80. The van der Waals surface area contributed by atoms with Crippen molar-refractivity contribution in [1.82, 2.24) is 19.9 Å².